The number of hydrogen-bond donors (Lipinski definition) is 2. The summed E-state index contributed by atoms with van der Waals surface area (Å²) in [4.78, 5) is 27.1. The molecule has 2 saturated heterocycles. The van der Waals surface area contributed by atoms with Gasteiger partial charge in [0.15, 0.2) is 11.6 Å². The molecule has 5 rings (SSSR count). The summed E-state index contributed by atoms with van der Waals surface area (Å²) in [5, 5.41) is 13.0. The molecule has 0 atom stereocenters. The Morgan fingerprint density at radius 2 is 1.97 bits per heavy atom. The largest absolute Gasteiger partial charge is 0.508 e. The van der Waals surface area contributed by atoms with Gasteiger partial charge in [0.25, 0.3) is 0 Å². The molecule has 9 heteroatoms. The fraction of sp³-hybridized carbons (Fsp3) is 0.458. The second kappa shape index (κ2) is 9.62. The van der Waals surface area contributed by atoms with Crippen molar-refractivity contribution in [3.8, 4) is 17.1 Å². The van der Waals surface area contributed by atoms with Crippen molar-refractivity contribution in [1.29, 1.82) is 0 Å². The summed E-state index contributed by atoms with van der Waals surface area (Å²) in [5.74, 6) is 1.83. The molecular weight excluding hydrogens is 438 g/mol. The number of anilines is 1. The van der Waals surface area contributed by atoms with Crippen molar-refractivity contribution in [3.05, 3.63) is 35.2 Å². The van der Waals surface area contributed by atoms with Crippen molar-refractivity contribution < 1.29 is 14.6 Å². The number of carbonyl (C=O) groups is 1. The first kappa shape index (κ1) is 22.1. The number of phenolic OH excluding ortho intramolecular Hbond substituents is 1. The third-order valence-electron chi connectivity index (χ3n) is 6.19. The number of thiophene rings is 1. The van der Waals surface area contributed by atoms with Gasteiger partial charge in [0.2, 0.25) is 5.91 Å². The highest BCUT2D eigenvalue weighted by Gasteiger charge is 2.23. The van der Waals surface area contributed by atoms with Crippen LogP contribution in [0.25, 0.3) is 21.6 Å². The van der Waals surface area contributed by atoms with E-state index in [4.69, 9.17) is 14.7 Å². The zero-order valence-electron chi connectivity index (χ0n) is 18.8. The molecule has 2 aliphatic rings. The van der Waals surface area contributed by atoms with Gasteiger partial charge >= 0.3 is 0 Å². The molecule has 2 N–H and O–H groups in total. The summed E-state index contributed by atoms with van der Waals surface area (Å²) >= 11 is 1.76. The summed E-state index contributed by atoms with van der Waals surface area (Å²) in [6, 6.07) is 9.56. The second-order valence-corrected chi connectivity index (χ2v) is 9.84. The van der Waals surface area contributed by atoms with Crippen LogP contribution in [0.2, 0.25) is 0 Å². The molecule has 33 heavy (non-hydrogen) atoms. The fourth-order valence-electron chi connectivity index (χ4n) is 4.55. The predicted octanol–water partition coefficient (Wildman–Crippen LogP) is 3.00. The molecular formula is C24H29N5O3S. The maximum Gasteiger partial charge on any atom is 0.217 e. The van der Waals surface area contributed by atoms with Gasteiger partial charge in [-0.2, -0.15) is 0 Å². The van der Waals surface area contributed by atoms with Crippen LogP contribution in [0.1, 0.15) is 24.6 Å². The molecule has 0 saturated carbocycles. The number of benzene rings is 1. The summed E-state index contributed by atoms with van der Waals surface area (Å²) in [6.45, 7) is 7.37. The SMILES string of the molecule is CC(=O)NC1CCN(Cc2cc3nc(-c4cccc(O)c4)nc(N4CCOCC4)c3s2)CC1. The summed E-state index contributed by atoms with van der Waals surface area (Å²) in [6.07, 6.45) is 1.95. The number of rotatable bonds is 5. The number of phenols is 1. The van der Waals surface area contributed by atoms with Crippen LogP contribution in [-0.4, -0.2) is 71.3 Å². The summed E-state index contributed by atoms with van der Waals surface area (Å²) < 4.78 is 6.66. The Balaban J connectivity index is 1.43. The van der Waals surface area contributed by atoms with E-state index in [1.54, 1.807) is 30.4 Å². The predicted molar refractivity (Wildman–Crippen MR) is 130 cm³/mol. The van der Waals surface area contributed by atoms with E-state index < -0.39 is 0 Å². The standard InChI is InChI=1S/C24H29N5O3S/c1-16(30)25-18-5-7-28(8-6-18)15-20-14-21-22(33-20)24(29-9-11-32-12-10-29)27-23(26-21)17-3-2-4-19(31)13-17/h2-4,13-14,18,31H,5-12,15H2,1H3,(H,25,30). The van der Waals surface area contributed by atoms with Crippen molar-refractivity contribution in [3.63, 3.8) is 0 Å². The molecule has 0 radical (unpaired) electrons. The molecule has 4 heterocycles. The number of hydrogen-bond acceptors (Lipinski definition) is 8. The molecule has 0 spiro atoms. The number of aromatic hydroxyl groups is 1. The number of fused-ring (bicyclic) bond motifs is 1. The van der Waals surface area contributed by atoms with Gasteiger partial charge in [0.1, 0.15) is 5.75 Å². The van der Waals surface area contributed by atoms with Crippen LogP contribution in [0.3, 0.4) is 0 Å². The van der Waals surface area contributed by atoms with Gasteiger partial charge in [0.05, 0.1) is 23.4 Å². The maximum atomic E-state index is 11.3. The fourth-order valence-corrected chi connectivity index (χ4v) is 5.70. The average Bonchev–Trinajstić information content (AvgIpc) is 3.22. The summed E-state index contributed by atoms with van der Waals surface area (Å²) in [5.41, 5.74) is 1.75. The first-order valence-corrected chi connectivity index (χ1v) is 12.3. The van der Waals surface area contributed by atoms with E-state index in [2.05, 4.69) is 21.2 Å². The van der Waals surface area contributed by atoms with Crippen LogP contribution in [0.5, 0.6) is 5.75 Å². The monoisotopic (exact) mass is 467 g/mol. The lowest BCUT2D eigenvalue weighted by atomic mass is 10.1. The zero-order chi connectivity index (χ0) is 22.8. The van der Waals surface area contributed by atoms with E-state index in [9.17, 15) is 9.90 Å². The smallest absolute Gasteiger partial charge is 0.217 e. The maximum absolute atomic E-state index is 11.3. The Bertz CT molecular complexity index is 1140. The van der Waals surface area contributed by atoms with Crippen molar-refractivity contribution in [1.82, 2.24) is 20.2 Å². The molecule has 174 valence electrons. The van der Waals surface area contributed by atoms with Crippen LogP contribution < -0.4 is 10.2 Å². The minimum atomic E-state index is 0.0507. The average molecular weight is 468 g/mol. The molecule has 3 aromatic rings. The first-order chi connectivity index (χ1) is 16.0. The Labute approximate surface area is 197 Å². The minimum Gasteiger partial charge on any atom is -0.508 e. The van der Waals surface area contributed by atoms with Crippen molar-refractivity contribution in [2.75, 3.05) is 44.3 Å². The lowest BCUT2D eigenvalue weighted by molar-refractivity contribution is -0.119. The van der Waals surface area contributed by atoms with E-state index in [0.717, 1.165) is 67.2 Å². The molecule has 0 unspecified atom stereocenters. The number of ether oxygens (including phenoxy) is 1. The molecule has 2 aliphatic heterocycles. The molecule has 2 aromatic heterocycles. The lowest BCUT2D eigenvalue weighted by Gasteiger charge is -2.31. The Kier molecular flexibility index (Phi) is 6.43. The number of piperidine rings is 1. The Morgan fingerprint density at radius 3 is 2.70 bits per heavy atom. The van der Waals surface area contributed by atoms with Gasteiger partial charge in [-0.25, -0.2) is 9.97 Å². The Hall–Kier alpha value is -2.75. The molecule has 1 amide bonds. The van der Waals surface area contributed by atoms with E-state index >= 15 is 0 Å². The van der Waals surface area contributed by atoms with Gasteiger partial charge in [-0.1, -0.05) is 12.1 Å². The number of nitrogens with zero attached hydrogens (tertiary/aromatic N) is 4. The van der Waals surface area contributed by atoms with Gasteiger partial charge < -0.3 is 20.1 Å². The molecule has 0 aliphatic carbocycles. The number of carbonyl (C=O) groups excluding carboxylic acids is 1. The van der Waals surface area contributed by atoms with Crippen molar-refractivity contribution in [2.24, 2.45) is 0 Å². The van der Waals surface area contributed by atoms with Gasteiger partial charge in [-0.15, -0.1) is 11.3 Å². The number of amides is 1. The first-order valence-electron chi connectivity index (χ1n) is 11.5. The molecule has 2 fully saturated rings. The topological polar surface area (TPSA) is 90.8 Å². The van der Waals surface area contributed by atoms with Crippen LogP contribution in [0, 0.1) is 0 Å². The number of aromatic nitrogens is 2. The van der Waals surface area contributed by atoms with Crippen LogP contribution in [-0.2, 0) is 16.1 Å². The van der Waals surface area contributed by atoms with Crippen LogP contribution in [0.4, 0.5) is 5.82 Å². The quantitative estimate of drug-likeness (QED) is 0.596. The van der Waals surface area contributed by atoms with Crippen LogP contribution >= 0.6 is 11.3 Å². The third kappa shape index (κ3) is 5.10. The van der Waals surface area contributed by atoms with E-state index in [-0.39, 0.29) is 17.7 Å². The van der Waals surface area contributed by atoms with E-state index in [0.29, 0.717) is 19.0 Å². The normalized spacial score (nSPS) is 18.0. The Morgan fingerprint density at radius 1 is 1.18 bits per heavy atom. The van der Waals surface area contributed by atoms with Crippen LogP contribution in [0.15, 0.2) is 30.3 Å². The van der Waals surface area contributed by atoms with Gasteiger partial charge in [-0.05, 0) is 31.0 Å². The summed E-state index contributed by atoms with van der Waals surface area (Å²) in [7, 11) is 0. The highest BCUT2D eigenvalue weighted by Crippen LogP contribution is 2.35. The minimum absolute atomic E-state index is 0.0507. The van der Waals surface area contributed by atoms with Gasteiger partial charge in [0, 0.05) is 56.1 Å². The van der Waals surface area contributed by atoms with Crippen molar-refractivity contribution >= 4 is 33.3 Å². The molecule has 1 aromatic carbocycles. The number of nitrogens with one attached hydrogen (secondary N) is 1. The third-order valence-corrected chi connectivity index (χ3v) is 7.30. The lowest BCUT2D eigenvalue weighted by Crippen LogP contribution is -2.43. The van der Waals surface area contributed by atoms with Crippen molar-refractivity contribution in [2.45, 2.75) is 32.4 Å². The number of morpholine rings is 1. The highest BCUT2D eigenvalue weighted by molar-refractivity contribution is 7.19. The highest BCUT2D eigenvalue weighted by atomic mass is 32.1. The second-order valence-electron chi connectivity index (χ2n) is 8.70. The number of likely N-dealkylation sites (tertiary alicyclic amines) is 1. The zero-order valence-corrected chi connectivity index (χ0v) is 19.6. The van der Waals surface area contributed by atoms with E-state index in [1.165, 1.54) is 4.88 Å². The van der Waals surface area contributed by atoms with E-state index in [1.807, 2.05) is 12.1 Å². The molecule has 8 nitrogen and oxygen atoms in total. The molecule has 0 bridgehead atoms. The van der Waals surface area contributed by atoms with Gasteiger partial charge in [-0.3, -0.25) is 9.69 Å².